The number of carbonyl (C=O) groups is 1. The zero-order valence-corrected chi connectivity index (χ0v) is 18.6. The highest BCUT2D eigenvalue weighted by molar-refractivity contribution is 8.03. The average Bonchev–Trinajstić information content (AvgIpc) is 3.31. The Morgan fingerprint density at radius 3 is 2.81 bits per heavy atom. The van der Waals surface area contributed by atoms with Crippen LogP contribution in [0, 0.1) is 21.4 Å². The first-order valence-electron chi connectivity index (χ1n) is 9.56. The van der Waals surface area contributed by atoms with E-state index in [1.54, 1.807) is 19.1 Å². The Balaban J connectivity index is 2.13. The predicted molar refractivity (Wildman–Crippen MR) is 121 cm³/mol. The summed E-state index contributed by atoms with van der Waals surface area (Å²) in [5.74, 6) is 0.290. The number of benzene rings is 1. The summed E-state index contributed by atoms with van der Waals surface area (Å²) in [7, 11) is 0. The zero-order valence-electron chi connectivity index (χ0n) is 17.0. The molecule has 0 aliphatic carbocycles. The highest BCUT2D eigenvalue weighted by Gasteiger charge is 2.34. The van der Waals surface area contributed by atoms with E-state index in [0.29, 0.717) is 28.5 Å². The third kappa shape index (κ3) is 4.95. The molecular weight excluding hydrogens is 436 g/mol. The molecule has 1 unspecified atom stereocenters. The lowest BCUT2D eigenvalue weighted by Crippen LogP contribution is -2.38. The van der Waals surface area contributed by atoms with Crippen LogP contribution in [0.5, 0.6) is 0 Å². The van der Waals surface area contributed by atoms with Gasteiger partial charge in [-0.05, 0) is 30.9 Å². The third-order valence-electron chi connectivity index (χ3n) is 4.53. The van der Waals surface area contributed by atoms with Crippen molar-refractivity contribution in [2.24, 2.45) is 4.99 Å². The van der Waals surface area contributed by atoms with Crippen molar-refractivity contribution >= 4 is 40.6 Å². The number of nitro groups is 1. The van der Waals surface area contributed by atoms with Crippen LogP contribution in [0.4, 0.5) is 5.69 Å². The van der Waals surface area contributed by atoms with Gasteiger partial charge in [0, 0.05) is 18.7 Å². The first kappa shape index (κ1) is 22.5. The normalized spacial score (nSPS) is 16.0. The van der Waals surface area contributed by atoms with Crippen LogP contribution in [-0.4, -0.2) is 40.5 Å². The summed E-state index contributed by atoms with van der Waals surface area (Å²) in [5, 5.41) is 23.7. The number of aliphatic imine (C=N–C) groups is 1. The molecule has 10 heteroatoms. The molecule has 0 N–H and O–H groups in total. The van der Waals surface area contributed by atoms with Gasteiger partial charge in [0.1, 0.15) is 16.9 Å². The number of non-ortho nitro benzene ring substituents is 1. The van der Waals surface area contributed by atoms with E-state index in [0.717, 1.165) is 16.6 Å². The number of nitrogens with zero attached hydrogens (tertiary/aromatic N) is 4. The van der Waals surface area contributed by atoms with Crippen molar-refractivity contribution in [2.45, 2.75) is 19.9 Å². The lowest BCUT2D eigenvalue weighted by atomic mass is 9.96. The minimum Gasteiger partial charge on any atom is -0.465 e. The second-order valence-electron chi connectivity index (χ2n) is 6.38. The standard InChI is InChI=1S/C21H20N4O4S2/c1-3-24-19(14-7-5-8-15(11-14)25(27)28)16(12-22)21(31-13-18(26)29-4-2)23-20(24)17-9-6-10-30-17/h5-11,19H,3-4,13H2,1-2H3. The molecule has 160 valence electrons. The van der Waals surface area contributed by atoms with Crippen LogP contribution in [0.1, 0.15) is 30.3 Å². The van der Waals surface area contributed by atoms with E-state index in [-0.39, 0.29) is 18.0 Å². The fourth-order valence-corrected chi connectivity index (χ4v) is 4.79. The van der Waals surface area contributed by atoms with Gasteiger partial charge in [0.05, 0.1) is 33.8 Å². The molecule has 0 bridgehead atoms. The number of nitro benzene ring substituents is 1. The molecule has 0 saturated carbocycles. The molecule has 2 aromatic rings. The molecule has 0 saturated heterocycles. The number of thioether (sulfide) groups is 1. The van der Waals surface area contributed by atoms with Crippen molar-refractivity contribution in [3.8, 4) is 6.07 Å². The number of amidine groups is 1. The average molecular weight is 457 g/mol. The van der Waals surface area contributed by atoms with Crippen molar-refractivity contribution in [3.63, 3.8) is 0 Å². The van der Waals surface area contributed by atoms with E-state index >= 15 is 0 Å². The molecule has 1 aliphatic heterocycles. The van der Waals surface area contributed by atoms with Crippen LogP contribution in [0.15, 0.2) is 57.4 Å². The van der Waals surface area contributed by atoms with Crippen molar-refractivity contribution in [1.29, 1.82) is 5.26 Å². The summed E-state index contributed by atoms with van der Waals surface area (Å²) in [6.07, 6.45) is 0. The molecule has 0 spiro atoms. The first-order chi connectivity index (χ1) is 15.0. The number of ether oxygens (including phenoxy) is 1. The van der Waals surface area contributed by atoms with Gasteiger partial charge in [0.2, 0.25) is 0 Å². The first-order valence-corrected chi connectivity index (χ1v) is 11.4. The van der Waals surface area contributed by atoms with E-state index in [9.17, 15) is 20.2 Å². The van der Waals surface area contributed by atoms with Gasteiger partial charge >= 0.3 is 5.97 Å². The predicted octanol–water partition coefficient (Wildman–Crippen LogP) is 4.51. The number of thiophene rings is 1. The molecule has 1 aromatic heterocycles. The quantitative estimate of drug-likeness (QED) is 0.326. The van der Waals surface area contributed by atoms with Crippen LogP contribution in [0.25, 0.3) is 0 Å². The van der Waals surface area contributed by atoms with Gasteiger partial charge in [-0.2, -0.15) is 5.26 Å². The van der Waals surface area contributed by atoms with Crippen molar-refractivity contribution < 1.29 is 14.5 Å². The number of hydrogen-bond donors (Lipinski definition) is 0. The van der Waals surface area contributed by atoms with E-state index in [1.807, 2.05) is 29.3 Å². The molecule has 31 heavy (non-hydrogen) atoms. The SMILES string of the molecule is CCOC(=O)CSC1=C(C#N)C(c2cccc([N+](=O)[O-])c2)N(CC)C(c2cccs2)=N1. The van der Waals surface area contributed by atoms with E-state index in [2.05, 4.69) is 6.07 Å². The van der Waals surface area contributed by atoms with E-state index in [1.165, 1.54) is 23.5 Å². The Kier molecular flexibility index (Phi) is 7.44. The maximum Gasteiger partial charge on any atom is 0.316 e. The Morgan fingerprint density at radius 2 is 2.19 bits per heavy atom. The topological polar surface area (TPSA) is 109 Å². The second kappa shape index (κ2) is 10.2. The second-order valence-corrected chi connectivity index (χ2v) is 8.29. The summed E-state index contributed by atoms with van der Waals surface area (Å²) < 4.78 is 5.00. The lowest BCUT2D eigenvalue weighted by Gasteiger charge is -2.36. The molecule has 0 radical (unpaired) electrons. The molecule has 1 aromatic carbocycles. The number of rotatable bonds is 8. The van der Waals surface area contributed by atoms with E-state index in [4.69, 9.17) is 9.73 Å². The monoisotopic (exact) mass is 456 g/mol. The molecule has 8 nitrogen and oxygen atoms in total. The van der Waals surface area contributed by atoms with Crippen LogP contribution in [-0.2, 0) is 9.53 Å². The van der Waals surface area contributed by atoms with Gasteiger partial charge in [0.25, 0.3) is 5.69 Å². The van der Waals surface area contributed by atoms with Crippen LogP contribution < -0.4 is 0 Å². The van der Waals surface area contributed by atoms with Crippen molar-refractivity contribution in [1.82, 2.24) is 4.90 Å². The van der Waals surface area contributed by atoms with Crippen LogP contribution >= 0.6 is 23.1 Å². The zero-order chi connectivity index (χ0) is 22.4. The Bertz CT molecular complexity index is 1070. The molecule has 0 fully saturated rings. The fraction of sp³-hybridized carbons (Fsp3) is 0.286. The number of likely N-dealkylation sites (N-methyl/N-ethyl adjacent to an activating group) is 1. The fourth-order valence-electron chi connectivity index (χ4n) is 3.25. The van der Waals surface area contributed by atoms with Gasteiger partial charge in [0.15, 0.2) is 0 Å². The summed E-state index contributed by atoms with van der Waals surface area (Å²) in [6.45, 7) is 4.48. The van der Waals surface area contributed by atoms with Gasteiger partial charge in [-0.15, -0.1) is 11.3 Å². The minimum absolute atomic E-state index is 0.0172. The largest absolute Gasteiger partial charge is 0.465 e. The maximum absolute atomic E-state index is 11.9. The summed E-state index contributed by atoms with van der Waals surface area (Å²) >= 11 is 2.65. The summed E-state index contributed by atoms with van der Waals surface area (Å²) in [4.78, 5) is 30.4. The van der Waals surface area contributed by atoms with Crippen LogP contribution in [0.3, 0.4) is 0 Å². The molecular formula is C21H20N4O4S2. The lowest BCUT2D eigenvalue weighted by molar-refractivity contribution is -0.384. The Labute approximate surface area is 188 Å². The van der Waals surface area contributed by atoms with Gasteiger partial charge in [-0.1, -0.05) is 30.0 Å². The van der Waals surface area contributed by atoms with Gasteiger partial charge in [-0.3, -0.25) is 14.9 Å². The molecule has 2 heterocycles. The summed E-state index contributed by atoms with van der Waals surface area (Å²) in [5.41, 5.74) is 0.912. The molecule has 1 atom stereocenters. The number of esters is 1. The van der Waals surface area contributed by atoms with E-state index < -0.39 is 16.9 Å². The van der Waals surface area contributed by atoms with Crippen LogP contribution in [0.2, 0.25) is 0 Å². The van der Waals surface area contributed by atoms with Crippen molar-refractivity contribution in [3.05, 3.63) is 72.9 Å². The molecule has 3 rings (SSSR count). The Morgan fingerprint density at radius 1 is 1.39 bits per heavy atom. The molecule has 1 aliphatic rings. The summed E-state index contributed by atoms with van der Waals surface area (Å²) in [6, 6.07) is 11.8. The van der Waals surface area contributed by atoms with Crippen molar-refractivity contribution in [2.75, 3.05) is 18.9 Å². The highest BCUT2D eigenvalue weighted by Crippen LogP contribution is 2.40. The number of hydrogen-bond acceptors (Lipinski definition) is 9. The smallest absolute Gasteiger partial charge is 0.316 e. The third-order valence-corrected chi connectivity index (χ3v) is 6.36. The molecule has 0 amide bonds. The number of carbonyl (C=O) groups excluding carboxylic acids is 1. The maximum atomic E-state index is 11.9. The van der Waals surface area contributed by atoms with Gasteiger partial charge in [-0.25, -0.2) is 4.99 Å². The van der Waals surface area contributed by atoms with Gasteiger partial charge < -0.3 is 9.64 Å². The number of nitriles is 1. The Hall–Kier alpha value is -3.16. The highest BCUT2D eigenvalue weighted by atomic mass is 32.2. The minimum atomic E-state index is -0.561.